The SMILES string of the molecule is CC(C)(C)c1cc2c3c(c1)-n1c4ccc(-c5ccccc5)cc4c4cc(-c5ccccc5)cc(c41)B3c1cc3c(cc1N2c1c(-c2cccc(-c4ccccc4)c2)cccc1-c1cccc(-c2ccccc2)c1)c1ccccc1n3-c1ccccc1. The van der Waals surface area contributed by atoms with Crippen LogP contribution in [-0.4, -0.2) is 15.8 Å². The summed E-state index contributed by atoms with van der Waals surface area (Å²) in [4.78, 5) is 2.71. The van der Waals surface area contributed by atoms with Gasteiger partial charge in [-0.05, 0) is 156 Å². The molecule has 0 saturated heterocycles. The first kappa shape index (κ1) is 49.9. The second-order valence-corrected chi connectivity index (χ2v) is 24.4. The molecule has 0 fully saturated rings. The van der Waals surface area contributed by atoms with E-state index in [2.05, 4.69) is 332 Å². The first-order valence-electron chi connectivity index (χ1n) is 30.1. The lowest BCUT2D eigenvalue weighted by Crippen LogP contribution is -2.60. The molecule has 17 rings (SSSR count). The molecule has 0 atom stereocenters. The largest absolute Gasteiger partial charge is 0.310 e. The number of fused-ring (bicyclic) bond motifs is 10. The smallest absolute Gasteiger partial charge is 0.252 e. The highest BCUT2D eigenvalue weighted by Gasteiger charge is 2.45. The summed E-state index contributed by atoms with van der Waals surface area (Å²) < 4.78 is 5.15. The third-order valence-corrected chi connectivity index (χ3v) is 18.4. The molecule has 0 amide bonds. The van der Waals surface area contributed by atoms with Crippen LogP contribution in [0.4, 0.5) is 17.1 Å². The molecule has 2 aromatic heterocycles. The molecule has 15 aromatic rings. The molecule has 13 aromatic carbocycles. The van der Waals surface area contributed by atoms with Gasteiger partial charge < -0.3 is 14.0 Å². The average molecular weight is 1100 g/mol. The number of anilines is 3. The summed E-state index contributed by atoms with van der Waals surface area (Å²) in [5.41, 5.74) is 29.8. The Bertz CT molecular complexity index is 5090. The van der Waals surface area contributed by atoms with Gasteiger partial charge in [0.2, 0.25) is 0 Å². The van der Waals surface area contributed by atoms with Crippen molar-refractivity contribution in [2.45, 2.75) is 26.2 Å². The Morgan fingerprint density at radius 2 is 0.767 bits per heavy atom. The van der Waals surface area contributed by atoms with Crippen LogP contribution in [0.3, 0.4) is 0 Å². The van der Waals surface area contributed by atoms with Crippen LogP contribution in [0.2, 0.25) is 0 Å². The number of nitrogens with zero attached hydrogens (tertiary/aromatic N) is 3. The lowest BCUT2D eigenvalue weighted by molar-refractivity contribution is 0.590. The molecule has 4 heterocycles. The van der Waals surface area contributed by atoms with Gasteiger partial charge in [0.1, 0.15) is 0 Å². The predicted molar refractivity (Wildman–Crippen MR) is 366 cm³/mol. The van der Waals surface area contributed by atoms with E-state index in [0.717, 1.165) is 33.6 Å². The Balaban J connectivity index is 1.06. The normalized spacial score (nSPS) is 12.5. The van der Waals surface area contributed by atoms with Crippen molar-refractivity contribution in [1.29, 1.82) is 0 Å². The van der Waals surface area contributed by atoms with Gasteiger partial charge in [-0.1, -0.05) is 245 Å². The van der Waals surface area contributed by atoms with E-state index in [1.54, 1.807) is 0 Å². The van der Waals surface area contributed by atoms with E-state index >= 15 is 0 Å². The molecule has 0 radical (unpaired) electrons. The molecule has 2 aliphatic heterocycles. The number of para-hydroxylation sites is 3. The van der Waals surface area contributed by atoms with Crippen LogP contribution in [0.25, 0.3) is 122 Å². The number of rotatable bonds is 8. The van der Waals surface area contributed by atoms with E-state index in [1.807, 2.05) is 0 Å². The molecule has 0 saturated carbocycles. The van der Waals surface area contributed by atoms with E-state index in [1.165, 1.54) is 127 Å². The van der Waals surface area contributed by atoms with Crippen molar-refractivity contribution in [2.75, 3.05) is 4.90 Å². The summed E-state index contributed by atoms with van der Waals surface area (Å²) >= 11 is 0. The van der Waals surface area contributed by atoms with Gasteiger partial charge in [-0.15, -0.1) is 0 Å². The highest BCUT2D eigenvalue weighted by Crippen LogP contribution is 2.52. The van der Waals surface area contributed by atoms with Crippen LogP contribution in [-0.2, 0) is 5.41 Å². The summed E-state index contributed by atoms with van der Waals surface area (Å²) in [5.74, 6) is 0. The zero-order chi connectivity index (χ0) is 57.2. The predicted octanol–water partition coefficient (Wildman–Crippen LogP) is 19.8. The molecular weight excluding hydrogens is 1040 g/mol. The van der Waals surface area contributed by atoms with Gasteiger partial charge in [0.05, 0.1) is 22.2 Å². The minimum atomic E-state index is -0.226. The van der Waals surface area contributed by atoms with Crippen molar-refractivity contribution in [3.63, 3.8) is 0 Å². The van der Waals surface area contributed by atoms with E-state index in [0.29, 0.717) is 0 Å². The Morgan fingerprint density at radius 1 is 0.291 bits per heavy atom. The zero-order valence-electron chi connectivity index (χ0n) is 48.2. The first-order valence-corrected chi connectivity index (χ1v) is 30.1. The third-order valence-electron chi connectivity index (χ3n) is 18.4. The highest BCUT2D eigenvalue weighted by molar-refractivity contribution is 7.00. The van der Waals surface area contributed by atoms with Crippen molar-refractivity contribution >= 4 is 83.8 Å². The molecule has 0 N–H and O–H groups in total. The molecule has 0 spiro atoms. The highest BCUT2D eigenvalue weighted by atomic mass is 15.2. The van der Waals surface area contributed by atoms with Gasteiger partial charge in [0.25, 0.3) is 6.71 Å². The zero-order valence-corrected chi connectivity index (χ0v) is 48.2. The van der Waals surface area contributed by atoms with Gasteiger partial charge in [0.15, 0.2) is 0 Å². The summed E-state index contributed by atoms with van der Waals surface area (Å²) in [6, 6.07) is 111. The molecule has 404 valence electrons. The number of benzene rings is 13. The van der Waals surface area contributed by atoms with E-state index in [-0.39, 0.29) is 12.1 Å². The van der Waals surface area contributed by atoms with E-state index in [4.69, 9.17) is 0 Å². The Kier molecular flexibility index (Phi) is 11.3. The number of hydrogen-bond donors (Lipinski definition) is 0. The van der Waals surface area contributed by atoms with Crippen molar-refractivity contribution in [3.8, 4) is 78.1 Å². The Morgan fingerprint density at radius 3 is 1.37 bits per heavy atom. The fourth-order valence-corrected chi connectivity index (χ4v) is 14.4. The van der Waals surface area contributed by atoms with Crippen molar-refractivity contribution in [3.05, 3.63) is 303 Å². The second kappa shape index (κ2) is 19.5. The molecule has 0 aliphatic carbocycles. The number of aromatic nitrogens is 2. The molecule has 0 bridgehead atoms. The minimum Gasteiger partial charge on any atom is -0.310 e. The maximum atomic E-state index is 2.71. The minimum absolute atomic E-state index is 0.165. The molecular formula is C82H58BN3. The summed E-state index contributed by atoms with van der Waals surface area (Å²) in [6.45, 7) is 6.97. The third kappa shape index (κ3) is 7.83. The van der Waals surface area contributed by atoms with Gasteiger partial charge in [-0.2, -0.15) is 0 Å². The Labute approximate surface area is 502 Å². The lowest BCUT2D eigenvalue weighted by Gasteiger charge is -2.43. The second-order valence-electron chi connectivity index (χ2n) is 24.4. The standard InChI is InChI=1S/C82H58BN3/c1-82(2,3)63-49-77-79-78(50-63)86(80-65(60-34-21-32-57(44-60)53-24-9-4-10-25-53)39-23-40-66(80)61-35-22-33-58(45-61)54-26-11-5-12-27-54)76-51-69-67-38-19-20-41-73(67)84(64-36-17-8-18-37-64)75(69)52-71(76)83(79)72-48-62(56-30-15-7-16-31-56)47-70-68-46-59(55-28-13-6-14-29-55)42-43-74(68)85(77)81(70)72/h4-52H,1-3H3. The van der Waals surface area contributed by atoms with Crippen LogP contribution in [0.1, 0.15) is 26.3 Å². The summed E-state index contributed by atoms with van der Waals surface area (Å²) in [7, 11) is 0. The van der Waals surface area contributed by atoms with E-state index in [9.17, 15) is 0 Å². The van der Waals surface area contributed by atoms with Crippen molar-refractivity contribution in [2.24, 2.45) is 0 Å². The van der Waals surface area contributed by atoms with E-state index < -0.39 is 0 Å². The monoisotopic (exact) mass is 1100 g/mol. The van der Waals surface area contributed by atoms with Crippen LogP contribution in [0, 0.1) is 0 Å². The maximum Gasteiger partial charge on any atom is 0.252 e. The molecule has 2 aliphatic rings. The van der Waals surface area contributed by atoms with Crippen LogP contribution >= 0.6 is 0 Å². The van der Waals surface area contributed by atoms with Crippen LogP contribution in [0.5, 0.6) is 0 Å². The molecule has 3 nitrogen and oxygen atoms in total. The van der Waals surface area contributed by atoms with Gasteiger partial charge in [-0.3, -0.25) is 0 Å². The Hall–Kier alpha value is -10.7. The molecule has 4 heteroatoms. The fraction of sp³-hybridized carbons (Fsp3) is 0.0488. The first-order chi connectivity index (χ1) is 42.3. The topological polar surface area (TPSA) is 13.1 Å². The van der Waals surface area contributed by atoms with Gasteiger partial charge in [-0.25, -0.2) is 0 Å². The quantitative estimate of drug-likeness (QED) is 0.138. The average Bonchev–Trinajstić information content (AvgIpc) is 1.32. The fourth-order valence-electron chi connectivity index (χ4n) is 14.4. The molecule has 0 unspecified atom stereocenters. The van der Waals surface area contributed by atoms with Crippen LogP contribution < -0.4 is 21.3 Å². The lowest BCUT2D eigenvalue weighted by atomic mass is 9.33. The van der Waals surface area contributed by atoms with Gasteiger partial charge in [0, 0.05) is 60.9 Å². The van der Waals surface area contributed by atoms with Crippen molar-refractivity contribution in [1.82, 2.24) is 9.13 Å². The summed E-state index contributed by atoms with van der Waals surface area (Å²) in [5, 5.41) is 4.93. The summed E-state index contributed by atoms with van der Waals surface area (Å²) in [6.07, 6.45) is 0. The van der Waals surface area contributed by atoms with Crippen LogP contribution in [0.15, 0.2) is 297 Å². The molecule has 86 heavy (non-hydrogen) atoms. The number of hydrogen-bond acceptors (Lipinski definition) is 1. The van der Waals surface area contributed by atoms with Crippen molar-refractivity contribution < 1.29 is 0 Å². The van der Waals surface area contributed by atoms with Gasteiger partial charge >= 0.3 is 0 Å². The maximum absolute atomic E-state index is 2.71.